The molecule has 780 valence electrons. The predicted octanol–water partition coefficient (Wildman–Crippen LogP) is 17.8. The molecule has 1 amide bonds. The van der Waals surface area contributed by atoms with Gasteiger partial charge in [-0.2, -0.15) is 5.06 Å². The highest BCUT2D eigenvalue weighted by atomic mass is 16.7. The van der Waals surface area contributed by atoms with Crippen LogP contribution < -0.4 is 5.32 Å². The monoisotopic (exact) mass is 1880 g/mol. The standard InChI is InChI=1S/C24H47NO4.C23H44N2O4.C22H42N2O4.C21H41NO4.C16H33NO3/c1-18(2)25(19-14-21(15-19)28-23(3,4)5)10-13-26-11-9-12-27-20-16-22(17-20)29-24(6,7)8;1-21(2,3)24-15-23(16-24)17-25(18-23)28-12-8-10-26-9-7-11-27-19-13-20(14-19)29-22(4,5)6;1-21(2,3)24-15-19(16-24)27-12-10-23(7)20(25)9-8-11-26-17-13-18(14-17)28-22(4,5)6;1-20(2,3)25-18-12-16(13-18)22-8-11-23-9-7-10-24-17-14-19(15-17)26-21(4,5)6;1-15(2,3)19-10-7-9-18-11-8-17-12-14(13-17)20-16(4,5)6/h18-22H,9-17H2,1-8H3;19-20H,7-18H2,1-6H3;17-19H,8-16H2,1-7H3;16-19,22H,7-15H2,1-6H3;14H,7-13H2,1-6H3. The first-order valence-corrected chi connectivity index (χ1v) is 52.3. The van der Waals surface area contributed by atoms with E-state index >= 15 is 0 Å². The Hall–Kier alpha value is -1.49. The minimum Gasteiger partial charge on any atom is -0.381 e. The van der Waals surface area contributed by atoms with Gasteiger partial charge in [0.2, 0.25) is 5.91 Å². The summed E-state index contributed by atoms with van der Waals surface area (Å²) < 4.78 is 99.6. The second-order valence-electron chi connectivity index (χ2n) is 50.0. The van der Waals surface area contributed by atoms with Crippen molar-refractivity contribution in [3.8, 4) is 0 Å². The molecule has 1 spiro atoms. The number of ether oxygens (including phenoxy) is 17. The molecule has 10 aliphatic rings. The average molecular weight is 1880 g/mol. The highest BCUT2D eigenvalue weighted by Gasteiger charge is 2.55. The third-order valence-corrected chi connectivity index (χ3v) is 24.7. The Balaban J connectivity index is 0.000000255. The smallest absolute Gasteiger partial charge is 0.222 e. The van der Waals surface area contributed by atoms with Gasteiger partial charge in [-0.1, -0.05) is 0 Å². The SMILES string of the molecule is CC(C)(C)OC1CC(NCCOCCCOC2CC(OC(C)(C)C)C2)C1.CC(C)(C)OC1CC(OCCCOCCCON2CC3(C2)CN(C(C)(C)C)C3)C1.CC(C)(C)OCCCOCCN1CC(OC(C)(C)C)C1.CC(C)N(CCOCCCOC1CC(OC(C)(C)C)C1)C1CC(OC(C)(C)C)C1.CN(CCOC1CN(C(C)(C)C)C1)C(=O)CCCOC1CC(OC(C)(C)C)C1. The van der Waals surface area contributed by atoms with Gasteiger partial charge in [-0.25, -0.2) is 0 Å². The molecular weight excluding hydrogens is 1680 g/mol. The largest absolute Gasteiger partial charge is 0.381 e. The van der Waals surface area contributed by atoms with E-state index < -0.39 is 0 Å². The molecule has 0 radical (unpaired) electrons. The normalized spacial score (nSPS) is 25.8. The quantitative estimate of drug-likeness (QED) is 0.0560. The number of hydrogen-bond donors (Lipinski definition) is 1. The number of hydroxylamine groups is 2. The van der Waals surface area contributed by atoms with Crippen LogP contribution in [0.1, 0.15) is 344 Å². The molecule has 0 aromatic rings. The van der Waals surface area contributed by atoms with Crippen molar-refractivity contribution in [2.75, 3.05) is 185 Å². The van der Waals surface area contributed by atoms with E-state index in [1.165, 1.54) is 13.1 Å². The minimum atomic E-state index is -0.0824. The zero-order valence-corrected chi connectivity index (χ0v) is 91.1. The summed E-state index contributed by atoms with van der Waals surface area (Å²) in [6, 6.07) is 1.77. The number of amides is 1. The zero-order chi connectivity index (χ0) is 98.2. The van der Waals surface area contributed by atoms with Gasteiger partial charge in [0, 0.05) is 193 Å². The topological polar surface area (TPSA) is 215 Å². The molecule has 26 heteroatoms. The van der Waals surface area contributed by atoms with Crippen LogP contribution in [0.4, 0.5) is 0 Å². The Morgan fingerprint density at radius 2 is 0.689 bits per heavy atom. The first-order valence-electron chi connectivity index (χ1n) is 52.3. The van der Waals surface area contributed by atoms with Crippen molar-refractivity contribution in [2.45, 2.75) is 491 Å². The van der Waals surface area contributed by atoms with Crippen molar-refractivity contribution in [1.29, 1.82) is 0 Å². The molecular formula is C106H207N7O19. The fraction of sp³-hybridized carbons (Fsp3) is 0.991. The van der Waals surface area contributed by atoms with E-state index in [-0.39, 0.29) is 56.3 Å². The summed E-state index contributed by atoms with van der Waals surface area (Å²) in [4.78, 5) is 29.8. The number of hydrogen-bond acceptors (Lipinski definition) is 25. The summed E-state index contributed by atoms with van der Waals surface area (Å²) in [5.74, 6) is 0.166. The highest BCUT2D eigenvalue weighted by molar-refractivity contribution is 5.75. The van der Waals surface area contributed by atoms with E-state index in [2.05, 4.69) is 252 Å². The third-order valence-electron chi connectivity index (χ3n) is 24.7. The van der Waals surface area contributed by atoms with Crippen molar-refractivity contribution in [3.05, 3.63) is 0 Å². The van der Waals surface area contributed by atoms with Crippen LogP contribution >= 0.6 is 0 Å². The fourth-order valence-electron chi connectivity index (χ4n) is 17.6. The van der Waals surface area contributed by atoms with Crippen molar-refractivity contribution >= 4 is 5.91 Å². The van der Waals surface area contributed by atoms with Gasteiger partial charge < -0.3 is 90.7 Å². The van der Waals surface area contributed by atoms with E-state index in [4.69, 9.17) is 85.4 Å². The van der Waals surface area contributed by atoms with E-state index in [1.807, 2.05) is 7.05 Å². The van der Waals surface area contributed by atoms with Gasteiger partial charge in [0.1, 0.15) is 0 Å². The maximum Gasteiger partial charge on any atom is 0.222 e. The lowest BCUT2D eigenvalue weighted by Crippen LogP contribution is -2.74. The summed E-state index contributed by atoms with van der Waals surface area (Å²) in [6.45, 7) is 92.3. The van der Waals surface area contributed by atoms with Gasteiger partial charge in [-0.05, 0) is 337 Å². The van der Waals surface area contributed by atoms with E-state index in [0.717, 1.165) is 260 Å². The highest BCUT2D eigenvalue weighted by Crippen LogP contribution is 2.43. The van der Waals surface area contributed by atoms with Crippen LogP contribution in [0.15, 0.2) is 0 Å². The summed E-state index contributed by atoms with van der Waals surface area (Å²) in [7, 11) is 1.86. The third kappa shape index (κ3) is 53.0. The molecule has 6 aliphatic carbocycles. The molecule has 26 nitrogen and oxygen atoms in total. The Bertz CT molecular complexity index is 2970. The summed E-state index contributed by atoms with van der Waals surface area (Å²) >= 11 is 0. The molecule has 10 rings (SSSR count). The van der Waals surface area contributed by atoms with E-state index in [9.17, 15) is 4.79 Å². The van der Waals surface area contributed by atoms with Crippen molar-refractivity contribution < 1.29 is 90.2 Å². The van der Waals surface area contributed by atoms with E-state index in [0.29, 0.717) is 129 Å². The molecule has 0 aromatic carbocycles. The molecule has 10 fully saturated rings. The summed E-state index contributed by atoms with van der Waals surface area (Å²) in [6.07, 6.45) is 23.2. The average Bonchev–Trinajstić information content (AvgIpc) is 0.730. The van der Waals surface area contributed by atoms with Gasteiger partial charge >= 0.3 is 0 Å². The van der Waals surface area contributed by atoms with Crippen LogP contribution in [-0.2, 0) is 90.2 Å². The number of carbonyl (C=O) groups excluding carboxylic acids is 1. The van der Waals surface area contributed by atoms with Gasteiger partial charge in [0.15, 0.2) is 0 Å². The maximum absolute atomic E-state index is 12.2. The predicted molar refractivity (Wildman–Crippen MR) is 532 cm³/mol. The molecule has 4 saturated heterocycles. The van der Waals surface area contributed by atoms with Gasteiger partial charge in [-0.3, -0.25) is 29.2 Å². The first-order chi connectivity index (χ1) is 61.2. The fourth-order valence-corrected chi connectivity index (χ4v) is 17.6. The van der Waals surface area contributed by atoms with Crippen LogP contribution in [-0.4, -0.2) is 367 Å². The van der Waals surface area contributed by atoms with Gasteiger partial charge in [0.25, 0.3) is 0 Å². The summed E-state index contributed by atoms with van der Waals surface area (Å²) in [5, 5.41) is 5.66. The van der Waals surface area contributed by atoms with Gasteiger partial charge in [0.05, 0.1) is 151 Å². The van der Waals surface area contributed by atoms with Crippen LogP contribution in [0.5, 0.6) is 0 Å². The van der Waals surface area contributed by atoms with Crippen molar-refractivity contribution in [3.63, 3.8) is 0 Å². The Morgan fingerprint density at radius 3 is 1.08 bits per heavy atom. The van der Waals surface area contributed by atoms with Gasteiger partial charge in [-0.15, -0.1) is 0 Å². The first kappa shape index (κ1) is 119. The van der Waals surface area contributed by atoms with Crippen LogP contribution in [0, 0.1) is 5.41 Å². The second kappa shape index (κ2) is 56.0. The maximum atomic E-state index is 12.2. The van der Waals surface area contributed by atoms with Crippen molar-refractivity contribution in [1.82, 2.24) is 34.9 Å². The van der Waals surface area contributed by atoms with E-state index in [1.54, 1.807) is 4.90 Å². The molecule has 6 saturated carbocycles. The molecule has 1 N–H and O–H groups in total. The zero-order valence-electron chi connectivity index (χ0n) is 91.1. The lowest BCUT2D eigenvalue weighted by atomic mass is 9.72. The molecule has 0 atom stereocenters. The molecule has 0 unspecified atom stereocenters. The molecule has 4 heterocycles. The number of rotatable bonds is 52. The van der Waals surface area contributed by atoms with Crippen molar-refractivity contribution in [2.24, 2.45) is 5.41 Å². The lowest BCUT2D eigenvalue weighted by molar-refractivity contribution is -0.286. The Morgan fingerprint density at radius 1 is 0.341 bits per heavy atom. The number of likely N-dealkylation sites (tertiary alicyclic amines) is 3. The second-order valence-corrected chi connectivity index (χ2v) is 50.0. The number of nitrogens with zero attached hydrogens (tertiary/aromatic N) is 6. The van der Waals surface area contributed by atoms with Crippen LogP contribution in [0.25, 0.3) is 0 Å². The molecule has 0 bridgehead atoms. The molecule has 0 aromatic heterocycles. The molecule has 132 heavy (non-hydrogen) atoms. The number of likely N-dealkylation sites (N-methyl/N-ethyl adjacent to an activating group) is 1. The Kier molecular flexibility index (Phi) is 50.5. The Labute approximate surface area is 807 Å². The number of nitrogens with one attached hydrogen (secondary N) is 1. The van der Waals surface area contributed by atoms with Crippen LogP contribution in [0.3, 0.4) is 0 Å². The van der Waals surface area contributed by atoms with Crippen LogP contribution in [0.2, 0.25) is 0 Å². The lowest BCUT2D eigenvalue weighted by Gasteiger charge is -2.62. The molecule has 4 aliphatic heterocycles. The number of carbonyl (C=O) groups is 1. The summed E-state index contributed by atoms with van der Waals surface area (Å²) in [5.41, 5.74) is 0.665. The minimum absolute atomic E-state index is 0.0270.